The van der Waals surface area contributed by atoms with Crippen LogP contribution in [0.4, 0.5) is 5.69 Å². The predicted octanol–water partition coefficient (Wildman–Crippen LogP) is 3.03. The molecule has 0 amide bonds. The number of ketones is 1. The third-order valence-corrected chi connectivity index (χ3v) is 4.08. The van der Waals surface area contributed by atoms with Gasteiger partial charge >= 0.3 is 5.97 Å². The number of nitrogens with two attached hydrogens (primary N) is 1. The van der Waals surface area contributed by atoms with E-state index in [1.54, 1.807) is 35.6 Å². The van der Waals surface area contributed by atoms with Gasteiger partial charge in [0.05, 0.1) is 17.8 Å². The number of ether oxygens (including phenoxy) is 1. The van der Waals surface area contributed by atoms with Crippen LogP contribution >= 0.6 is 0 Å². The first-order valence-corrected chi connectivity index (χ1v) is 8.62. The van der Waals surface area contributed by atoms with Crippen molar-refractivity contribution in [3.8, 4) is 0 Å². The van der Waals surface area contributed by atoms with Gasteiger partial charge in [0.25, 0.3) is 0 Å². The van der Waals surface area contributed by atoms with E-state index in [9.17, 15) is 9.59 Å². The standard InChI is InChI=1S/C20H21N3O3/c1-2-26-18(24)11-6-9-16-17-10-3-4-12-23(17)20(22-16)19(25)14-7-5-8-15(21)13-14/h3-5,7-8,10,12-13H,2,6,9,11,21H2,1H3. The van der Waals surface area contributed by atoms with Gasteiger partial charge in [0.2, 0.25) is 5.78 Å². The number of pyridine rings is 1. The molecule has 2 N–H and O–H groups in total. The molecule has 3 rings (SSSR count). The Balaban J connectivity index is 1.87. The number of nitrogens with zero attached hydrogens (tertiary/aromatic N) is 2. The van der Waals surface area contributed by atoms with Crippen molar-refractivity contribution in [2.75, 3.05) is 12.3 Å². The maximum absolute atomic E-state index is 12.9. The number of rotatable bonds is 7. The van der Waals surface area contributed by atoms with Crippen LogP contribution in [-0.4, -0.2) is 27.7 Å². The Bertz CT molecular complexity index is 946. The topological polar surface area (TPSA) is 86.7 Å². The summed E-state index contributed by atoms with van der Waals surface area (Å²) in [6.07, 6.45) is 3.36. The summed E-state index contributed by atoms with van der Waals surface area (Å²) in [4.78, 5) is 29.0. The Morgan fingerprint density at radius 1 is 1.19 bits per heavy atom. The van der Waals surface area contributed by atoms with Crippen molar-refractivity contribution in [2.24, 2.45) is 0 Å². The molecule has 6 heteroatoms. The van der Waals surface area contributed by atoms with E-state index in [0.29, 0.717) is 42.9 Å². The van der Waals surface area contributed by atoms with E-state index in [-0.39, 0.29) is 11.8 Å². The van der Waals surface area contributed by atoms with Crippen LogP contribution in [0.1, 0.15) is 41.6 Å². The maximum atomic E-state index is 12.9. The van der Waals surface area contributed by atoms with Crippen LogP contribution in [0.5, 0.6) is 0 Å². The Kier molecular flexibility index (Phi) is 5.31. The van der Waals surface area contributed by atoms with E-state index >= 15 is 0 Å². The fourth-order valence-corrected chi connectivity index (χ4v) is 2.89. The molecule has 0 atom stereocenters. The molecule has 6 nitrogen and oxygen atoms in total. The van der Waals surface area contributed by atoms with Gasteiger partial charge < -0.3 is 10.5 Å². The van der Waals surface area contributed by atoms with Crippen LogP contribution in [0.15, 0.2) is 48.7 Å². The van der Waals surface area contributed by atoms with Crippen LogP contribution in [-0.2, 0) is 16.0 Å². The summed E-state index contributed by atoms with van der Waals surface area (Å²) in [5.41, 5.74) is 8.48. The number of carbonyl (C=O) groups is 2. The molecule has 134 valence electrons. The maximum Gasteiger partial charge on any atom is 0.305 e. The molecule has 0 spiro atoms. The van der Waals surface area contributed by atoms with Gasteiger partial charge in [0, 0.05) is 23.9 Å². The van der Waals surface area contributed by atoms with E-state index in [2.05, 4.69) is 4.98 Å². The van der Waals surface area contributed by atoms with Crippen molar-refractivity contribution in [1.82, 2.24) is 9.38 Å². The summed E-state index contributed by atoms with van der Waals surface area (Å²) in [6.45, 7) is 2.17. The van der Waals surface area contributed by atoms with Crippen LogP contribution in [0.2, 0.25) is 0 Å². The lowest BCUT2D eigenvalue weighted by atomic mass is 10.1. The van der Waals surface area contributed by atoms with Crippen molar-refractivity contribution < 1.29 is 14.3 Å². The zero-order chi connectivity index (χ0) is 18.5. The predicted molar refractivity (Wildman–Crippen MR) is 99.0 cm³/mol. The summed E-state index contributed by atoms with van der Waals surface area (Å²) < 4.78 is 6.73. The summed E-state index contributed by atoms with van der Waals surface area (Å²) in [7, 11) is 0. The minimum absolute atomic E-state index is 0.185. The Morgan fingerprint density at radius 2 is 2.04 bits per heavy atom. The van der Waals surface area contributed by atoms with Crippen LogP contribution in [0.3, 0.4) is 0 Å². The highest BCUT2D eigenvalue weighted by atomic mass is 16.5. The van der Waals surface area contributed by atoms with Gasteiger partial charge in [-0.2, -0.15) is 0 Å². The van der Waals surface area contributed by atoms with E-state index in [1.807, 2.05) is 24.4 Å². The molecule has 0 unspecified atom stereocenters. The number of nitrogen functional groups attached to an aromatic ring is 1. The van der Waals surface area contributed by atoms with Gasteiger partial charge in [-0.25, -0.2) is 4.98 Å². The first-order chi connectivity index (χ1) is 12.6. The molecule has 26 heavy (non-hydrogen) atoms. The fourth-order valence-electron chi connectivity index (χ4n) is 2.89. The monoisotopic (exact) mass is 351 g/mol. The van der Waals surface area contributed by atoms with E-state index in [0.717, 1.165) is 11.2 Å². The van der Waals surface area contributed by atoms with E-state index in [4.69, 9.17) is 10.5 Å². The lowest BCUT2D eigenvalue weighted by Gasteiger charge is -2.01. The molecule has 3 aromatic rings. The number of aryl methyl sites for hydroxylation is 1. The van der Waals surface area contributed by atoms with Crippen molar-refractivity contribution >= 4 is 23.0 Å². The zero-order valence-corrected chi connectivity index (χ0v) is 14.6. The summed E-state index contributed by atoms with van der Waals surface area (Å²) in [6, 6.07) is 12.5. The molecule has 0 radical (unpaired) electrons. The van der Waals surface area contributed by atoms with Crippen LogP contribution in [0, 0.1) is 0 Å². The summed E-state index contributed by atoms with van der Waals surface area (Å²) >= 11 is 0. The highest BCUT2D eigenvalue weighted by molar-refractivity contribution is 6.07. The third kappa shape index (κ3) is 3.74. The Labute approximate surface area is 151 Å². The lowest BCUT2D eigenvalue weighted by Crippen LogP contribution is -2.07. The molecular weight excluding hydrogens is 330 g/mol. The molecule has 1 aromatic carbocycles. The molecule has 0 saturated heterocycles. The van der Waals surface area contributed by atoms with Gasteiger partial charge in [0.15, 0.2) is 5.82 Å². The SMILES string of the molecule is CCOC(=O)CCCc1nc(C(=O)c2cccc(N)c2)n2ccccc12. The van der Waals surface area contributed by atoms with Gasteiger partial charge in [0.1, 0.15) is 0 Å². The third-order valence-electron chi connectivity index (χ3n) is 4.08. The van der Waals surface area contributed by atoms with Crippen molar-refractivity contribution in [3.05, 3.63) is 65.7 Å². The molecule has 0 fully saturated rings. The zero-order valence-electron chi connectivity index (χ0n) is 14.6. The minimum Gasteiger partial charge on any atom is -0.466 e. The second kappa shape index (κ2) is 7.82. The molecule has 2 heterocycles. The normalized spacial score (nSPS) is 10.8. The number of anilines is 1. The summed E-state index contributed by atoms with van der Waals surface area (Å²) in [5.74, 6) is -0.0560. The molecule has 0 aliphatic carbocycles. The molecule has 0 bridgehead atoms. The highest BCUT2D eigenvalue weighted by Gasteiger charge is 2.19. The number of hydrogen-bond donors (Lipinski definition) is 1. The number of benzene rings is 1. The fraction of sp³-hybridized carbons (Fsp3) is 0.250. The number of esters is 1. The lowest BCUT2D eigenvalue weighted by molar-refractivity contribution is -0.143. The molecule has 2 aromatic heterocycles. The van der Waals surface area contributed by atoms with E-state index < -0.39 is 0 Å². The number of carbonyl (C=O) groups excluding carboxylic acids is 2. The summed E-state index contributed by atoms with van der Waals surface area (Å²) in [5, 5.41) is 0. The first-order valence-electron chi connectivity index (χ1n) is 8.62. The molecular formula is C20H21N3O3. The Hall–Kier alpha value is -3.15. The molecule has 0 aliphatic heterocycles. The van der Waals surface area contributed by atoms with Crippen molar-refractivity contribution in [3.63, 3.8) is 0 Å². The minimum atomic E-state index is -0.216. The van der Waals surface area contributed by atoms with E-state index in [1.165, 1.54) is 0 Å². The largest absolute Gasteiger partial charge is 0.466 e. The van der Waals surface area contributed by atoms with Gasteiger partial charge in [-0.05, 0) is 44.0 Å². The molecule has 0 saturated carbocycles. The smallest absolute Gasteiger partial charge is 0.305 e. The average Bonchev–Trinajstić information content (AvgIpc) is 3.00. The van der Waals surface area contributed by atoms with Gasteiger partial charge in [-0.1, -0.05) is 18.2 Å². The average molecular weight is 351 g/mol. The van der Waals surface area contributed by atoms with Crippen LogP contribution in [0.25, 0.3) is 5.52 Å². The first kappa shape index (κ1) is 17.7. The second-order valence-electron chi connectivity index (χ2n) is 5.95. The van der Waals surface area contributed by atoms with Crippen molar-refractivity contribution in [2.45, 2.75) is 26.2 Å². The number of fused-ring (bicyclic) bond motifs is 1. The highest BCUT2D eigenvalue weighted by Crippen LogP contribution is 2.19. The molecule has 0 aliphatic rings. The number of aromatic nitrogens is 2. The second-order valence-corrected chi connectivity index (χ2v) is 5.95. The van der Waals surface area contributed by atoms with Crippen LogP contribution < -0.4 is 5.73 Å². The number of imidazole rings is 1. The Morgan fingerprint density at radius 3 is 2.81 bits per heavy atom. The number of hydrogen-bond acceptors (Lipinski definition) is 5. The van der Waals surface area contributed by atoms with Gasteiger partial charge in [-0.3, -0.25) is 14.0 Å². The quantitative estimate of drug-likeness (QED) is 0.402. The van der Waals surface area contributed by atoms with Crippen molar-refractivity contribution in [1.29, 1.82) is 0 Å². The van der Waals surface area contributed by atoms with Gasteiger partial charge in [-0.15, -0.1) is 0 Å².